The van der Waals surface area contributed by atoms with E-state index in [4.69, 9.17) is 4.74 Å². The van der Waals surface area contributed by atoms with Crippen LogP contribution in [-0.4, -0.2) is 36.8 Å². The molecule has 0 fully saturated rings. The highest BCUT2D eigenvalue weighted by Crippen LogP contribution is 2.18. The number of carboxylic acid groups (broad SMARTS) is 1. The summed E-state index contributed by atoms with van der Waals surface area (Å²) in [6.07, 6.45) is 3.72. The molecule has 0 aliphatic carbocycles. The Labute approximate surface area is 178 Å². The van der Waals surface area contributed by atoms with E-state index in [0.717, 1.165) is 29.7 Å². The van der Waals surface area contributed by atoms with Gasteiger partial charge in [-0.3, -0.25) is 4.79 Å². The lowest BCUT2D eigenvalue weighted by atomic mass is 9.92. The van der Waals surface area contributed by atoms with E-state index in [0.29, 0.717) is 39.0 Å². The predicted octanol–water partition coefficient (Wildman–Crippen LogP) is 4.04. The SMILES string of the molecule is CCCCNC(=O)NCCCOc1ccc(C[C@H](Cc2ccccc2)C(=O)O)cc1. The maximum atomic E-state index is 11.6. The number of nitrogens with one attached hydrogen (secondary N) is 2. The molecule has 0 spiro atoms. The van der Waals surface area contributed by atoms with Crippen molar-refractivity contribution in [3.8, 4) is 5.75 Å². The van der Waals surface area contributed by atoms with Gasteiger partial charge in [-0.05, 0) is 48.9 Å². The summed E-state index contributed by atoms with van der Waals surface area (Å²) >= 11 is 0. The van der Waals surface area contributed by atoms with Gasteiger partial charge >= 0.3 is 12.0 Å². The van der Waals surface area contributed by atoms with Gasteiger partial charge in [-0.25, -0.2) is 4.79 Å². The number of carbonyl (C=O) groups excluding carboxylic acids is 1. The van der Waals surface area contributed by atoms with E-state index in [1.165, 1.54) is 0 Å². The molecule has 6 nitrogen and oxygen atoms in total. The lowest BCUT2D eigenvalue weighted by Gasteiger charge is -2.13. The van der Waals surface area contributed by atoms with Gasteiger partial charge in [0.05, 0.1) is 12.5 Å². The predicted molar refractivity (Wildman–Crippen MR) is 118 cm³/mol. The number of amides is 2. The highest BCUT2D eigenvalue weighted by Gasteiger charge is 2.18. The topological polar surface area (TPSA) is 87.7 Å². The van der Waals surface area contributed by atoms with Crippen LogP contribution in [0.4, 0.5) is 4.79 Å². The van der Waals surface area contributed by atoms with E-state index < -0.39 is 11.9 Å². The van der Waals surface area contributed by atoms with E-state index in [1.807, 2.05) is 54.6 Å². The average Bonchev–Trinajstić information content (AvgIpc) is 2.75. The van der Waals surface area contributed by atoms with Crippen molar-refractivity contribution in [1.82, 2.24) is 10.6 Å². The number of benzene rings is 2. The molecule has 6 heteroatoms. The smallest absolute Gasteiger partial charge is 0.314 e. The van der Waals surface area contributed by atoms with Crippen molar-refractivity contribution >= 4 is 12.0 Å². The summed E-state index contributed by atoms with van der Waals surface area (Å²) in [5.74, 6) is -0.514. The maximum absolute atomic E-state index is 11.6. The van der Waals surface area contributed by atoms with Gasteiger partial charge in [0, 0.05) is 13.1 Å². The summed E-state index contributed by atoms with van der Waals surface area (Å²) in [6, 6.07) is 17.1. The molecule has 2 rings (SSSR count). The summed E-state index contributed by atoms with van der Waals surface area (Å²) in [5, 5.41) is 15.2. The van der Waals surface area contributed by atoms with Crippen LogP contribution < -0.4 is 15.4 Å². The number of hydrogen-bond acceptors (Lipinski definition) is 3. The lowest BCUT2D eigenvalue weighted by molar-refractivity contribution is -0.141. The quantitative estimate of drug-likeness (QED) is 0.433. The molecule has 30 heavy (non-hydrogen) atoms. The number of hydrogen-bond donors (Lipinski definition) is 3. The minimum atomic E-state index is -0.787. The first-order valence-corrected chi connectivity index (χ1v) is 10.6. The molecule has 2 amide bonds. The second-order valence-corrected chi connectivity index (χ2v) is 7.31. The third-order valence-electron chi connectivity index (χ3n) is 4.77. The number of unbranched alkanes of at least 4 members (excludes halogenated alkanes) is 1. The Morgan fingerprint density at radius 3 is 2.10 bits per heavy atom. The van der Waals surface area contributed by atoms with E-state index in [1.54, 1.807) is 0 Å². The Kier molecular flexibility index (Phi) is 10.3. The Bertz CT molecular complexity index is 763. The molecule has 3 N–H and O–H groups in total. The van der Waals surface area contributed by atoms with E-state index in [9.17, 15) is 14.7 Å². The van der Waals surface area contributed by atoms with Crippen molar-refractivity contribution in [3.05, 3.63) is 65.7 Å². The summed E-state index contributed by atoms with van der Waals surface area (Å²) in [4.78, 5) is 23.2. The first kappa shape index (κ1) is 23.3. The largest absolute Gasteiger partial charge is 0.494 e. The zero-order valence-corrected chi connectivity index (χ0v) is 17.6. The Morgan fingerprint density at radius 1 is 0.900 bits per heavy atom. The molecule has 1 atom stereocenters. The normalized spacial score (nSPS) is 11.5. The van der Waals surface area contributed by atoms with Crippen molar-refractivity contribution in [2.24, 2.45) is 5.92 Å². The number of carboxylic acids is 1. The van der Waals surface area contributed by atoms with Crippen molar-refractivity contribution in [3.63, 3.8) is 0 Å². The van der Waals surface area contributed by atoms with Crippen LogP contribution in [0.2, 0.25) is 0 Å². The Balaban J connectivity index is 1.71. The molecule has 0 radical (unpaired) electrons. The summed E-state index contributed by atoms with van der Waals surface area (Å²) in [5.41, 5.74) is 1.99. The van der Waals surface area contributed by atoms with E-state index >= 15 is 0 Å². The number of aliphatic carboxylic acids is 1. The average molecular weight is 413 g/mol. The molecular weight excluding hydrogens is 380 g/mol. The van der Waals surface area contributed by atoms with Crippen LogP contribution >= 0.6 is 0 Å². The number of rotatable bonds is 13. The molecule has 0 aliphatic heterocycles. The van der Waals surface area contributed by atoms with Crippen molar-refractivity contribution < 1.29 is 19.4 Å². The van der Waals surface area contributed by atoms with Gasteiger partial charge in [0.15, 0.2) is 0 Å². The Morgan fingerprint density at radius 2 is 1.50 bits per heavy atom. The van der Waals surface area contributed by atoms with Gasteiger partial charge in [0.25, 0.3) is 0 Å². The minimum absolute atomic E-state index is 0.142. The summed E-state index contributed by atoms with van der Waals surface area (Å²) in [7, 11) is 0. The van der Waals surface area contributed by atoms with E-state index in [2.05, 4.69) is 17.6 Å². The summed E-state index contributed by atoms with van der Waals surface area (Å²) in [6.45, 7) is 3.83. The van der Waals surface area contributed by atoms with Gasteiger partial charge in [-0.15, -0.1) is 0 Å². The molecule has 0 bridgehead atoms. The van der Waals surface area contributed by atoms with Crippen LogP contribution in [-0.2, 0) is 17.6 Å². The molecule has 0 saturated carbocycles. The zero-order chi connectivity index (χ0) is 21.6. The van der Waals surface area contributed by atoms with Crippen LogP contribution in [0.25, 0.3) is 0 Å². The third kappa shape index (κ3) is 8.99. The monoisotopic (exact) mass is 412 g/mol. The minimum Gasteiger partial charge on any atom is -0.494 e. The van der Waals surface area contributed by atoms with E-state index in [-0.39, 0.29) is 6.03 Å². The highest BCUT2D eigenvalue weighted by atomic mass is 16.5. The second kappa shape index (κ2) is 13.2. The molecule has 0 aromatic heterocycles. The van der Waals surface area contributed by atoms with Crippen LogP contribution in [0.5, 0.6) is 5.75 Å². The molecule has 0 saturated heterocycles. The Hall–Kier alpha value is -3.02. The standard InChI is InChI=1S/C24H32N2O4/c1-2-3-14-25-24(29)26-15-7-16-30-22-12-10-20(11-13-22)18-21(23(27)28)17-19-8-5-4-6-9-19/h4-6,8-13,21H,2-3,7,14-18H2,1H3,(H,27,28)(H2,25,26,29)/t21-/m0/s1. The van der Waals surface area contributed by atoms with Gasteiger partial charge < -0.3 is 20.5 Å². The first-order chi connectivity index (χ1) is 14.6. The molecule has 162 valence electrons. The molecule has 0 unspecified atom stereocenters. The van der Waals surface area contributed by atoms with Crippen LogP contribution in [0.15, 0.2) is 54.6 Å². The van der Waals surface area contributed by atoms with Gasteiger partial charge in [-0.2, -0.15) is 0 Å². The van der Waals surface area contributed by atoms with Gasteiger partial charge in [0.2, 0.25) is 0 Å². The fraction of sp³-hybridized carbons (Fsp3) is 0.417. The summed E-state index contributed by atoms with van der Waals surface area (Å²) < 4.78 is 5.70. The third-order valence-corrected chi connectivity index (χ3v) is 4.77. The van der Waals surface area contributed by atoms with Gasteiger partial charge in [-0.1, -0.05) is 55.8 Å². The van der Waals surface area contributed by atoms with Crippen molar-refractivity contribution in [2.75, 3.05) is 19.7 Å². The zero-order valence-electron chi connectivity index (χ0n) is 17.6. The maximum Gasteiger partial charge on any atom is 0.314 e. The highest BCUT2D eigenvalue weighted by molar-refractivity contribution is 5.73. The molecule has 2 aromatic rings. The van der Waals surface area contributed by atoms with Gasteiger partial charge in [0.1, 0.15) is 5.75 Å². The fourth-order valence-electron chi connectivity index (χ4n) is 3.06. The van der Waals surface area contributed by atoms with Crippen LogP contribution in [0.1, 0.15) is 37.3 Å². The first-order valence-electron chi connectivity index (χ1n) is 10.6. The number of ether oxygens (including phenoxy) is 1. The molecular formula is C24H32N2O4. The van der Waals surface area contributed by atoms with Crippen molar-refractivity contribution in [1.29, 1.82) is 0 Å². The molecule has 0 heterocycles. The number of carbonyl (C=O) groups is 2. The lowest BCUT2D eigenvalue weighted by Crippen LogP contribution is -2.36. The fourth-order valence-corrected chi connectivity index (χ4v) is 3.06. The molecule has 2 aromatic carbocycles. The van der Waals surface area contributed by atoms with Crippen LogP contribution in [0.3, 0.4) is 0 Å². The van der Waals surface area contributed by atoms with Crippen LogP contribution in [0, 0.1) is 5.92 Å². The number of urea groups is 1. The second-order valence-electron chi connectivity index (χ2n) is 7.31. The molecule has 0 aliphatic rings. The van der Waals surface area contributed by atoms with Crippen molar-refractivity contribution in [2.45, 2.75) is 39.0 Å².